The number of carbonyl (C=O) groups is 2. The Balaban J connectivity index is 2.79. The highest BCUT2D eigenvalue weighted by molar-refractivity contribution is 5.81. The second-order valence-corrected chi connectivity index (χ2v) is 4.40. The predicted octanol–water partition coefficient (Wildman–Crippen LogP) is 1.57. The number of esters is 1. The van der Waals surface area contributed by atoms with Gasteiger partial charge in [0.1, 0.15) is 0 Å². The van der Waals surface area contributed by atoms with E-state index < -0.39 is 17.8 Å². The molecule has 1 fully saturated rings. The zero-order valence-electron chi connectivity index (χ0n) is 10.9. The molecule has 0 aromatic heterocycles. The molecule has 0 amide bonds. The maximum absolute atomic E-state index is 11.8. The lowest BCUT2D eigenvalue weighted by Crippen LogP contribution is -2.58. The maximum Gasteiger partial charge on any atom is 0.510 e. The molecule has 0 heterocycles. The summed E-state index contributed by atoms with van der Waals surface area (Å²) in [6, 6.07) is 0. The van der Waals surface area contributed by atoms with Crippen LogP contribution in [0.1, 0.15) is 39.0 Å². The van der Waals surface area contributed by atoms with Crippen LogP contribution in [0.5, 0.6) is 0 Å². The van der Waals surface area contributed by atoms with Crippen LogP contribution in [0.15, 0.2) is 0 Å². The Kier molecular flexibility index (Phi) is 5.40. The van der Waals surface area contributed by atoms with E-state index in [4.69, 9.17) is 10.5 Å². The Bertz CT molecular complexity index is 301. The molecule has 1 aliphatic carbocycles. The molecular weight excluding hydrogens is 238 g/mol. The van der Waals surface area contributed by atoms with Gasteiger partial charge in [-0.25, -0.2) is 9.59 Å². The molecule has 0 aliphatic heterocycles. The Hall–Kier alpha value is -1.30. The minimum atomic E-state index is -1.73. The van der Waals surface area contributed by atoms with Crippen molar-refractivity contribution in [1.82, 2.24) is 0 Å². The third kappa shape index (κ3) is 3.35. The molecule has 1 unspecified atom stereocenters. The first-order valence-corrected chi connectivity index (χ1v) is 6.27. The molecule has 104 valence electrons. The molecule has 2 N–H and O–H groups in total. The number of rotatable bonds is 4. The van der Waals surface area contributed by atoms with Crippen molar-refractivity contribution < 1.29 is 23.8 Å². The third-order valence-electron chi connectivity index (χ3n) is 3.23. The summed E-state index contributed by atoms with van der Waals surface area (Å²) in [5.74, 6) is -0.953. The number of ether oxygens (including phenoxy) is 3. The minimum Gasteiger partial charge on any atom is -0.465 e. The molecule has 1 aliphatic rings. The van der Waals surface area contributed by atoms with E-state index in [-0.39, 0.29) is 12.5 Å². The summed E-state index contributed by atoms with van der Waals surface area (Å²) in [6.07, 6.45) is 3.58. The largest absolute Gasteiger partial charge is 0.510 e. The van der Waals surface area contributed by atoms with Gasteiger partial charge in [-0.3, -0.25) is 5.73 Å². The van der Waals surface area contributed by atoms with Gasteiger partial charge in [-0.15, -0.1) is 0 Å². The van der Waals surface area contributed by atoms with Crippen LogP contribution in [-0.2, 0) is 19.0 Å². The summed E-state index contributed by atoms with van der Waals surface area (Å²) in [6.45, 7) is 1.82. The lowest BCUT2D eigenvalue weighted by molar-refractivity contribution is -0.173. The predicted molar refractivity (Wildman–Crippen MR) is 63.6 cm³/mol. The van der Waals surface area contributed by atoms with Gasteiger partial charge in [-0.2, -0.15) is 0 Å². The first-order chi connectivity index (χ1) is 8.54. The lowest BCUT2D eigenvalue weighted by atomic mass is 9.82. The standard InChI is InChI=1S/C12H21NO5/c1-3-17-11(15)18-12(13,10(14)16-2)9-7-5-4-6-8-9/h9H,3-8,13H2,1-2H3. The third-order valence-corrected chi connectivity index (χ3v) is 3.23. The van der Waals surface area contributed by atoms with Crippen LogP contribution < -0.4 is 5.73 Å². The van der Waals surface area contributed by atoms with Crippen molar-refractivity contribution >= 4 is 12.1 Å². The Morgan fingerprint density at radius 2 is 1.89 bits per heavy atom. The average Bonchev–Trinajstić information content (AvgIpc) is 2.38. The van der Waals surface area contributed by atoms with Crippen LogP contribution in [-0.4, -0.2) is 31.6 Å². The maximum atomic E-state index is 11.8. The summed E-state index contributed by atoms with van der Waals surface area (Å²) >= 11 is 0. The van der Waals surface area contributed by atoms with E-state index in [9.17, 15) is 9.59 Å². The second-order valence-electron chi connectivity index (χ2n) is 4.40. The van der Waals surface area contributed by atoms with E-state index in [1.807, 2.05) is 0 Å². The summed E-state index contributed by atoms with van der Waals surface area (Å²) in [7, 11) is 1.22. The van der Waals surface area contributed by atoms with Crippen molar-refractivity contribution in [2.75, 3.05) is 13.7 Å². The van der Waals surface area contributed by atoms with E-state index in [0.717, 1.165) is 32.1 Å². The molecule has 1 atom stereocenters. The van der Waals surface area contributed by atoms with Crippen molar-refractivity contribution in [2.45, 2.75) is 44.8 Å². The quantitative estimate of drug-likeness (QED) is 0.609. The van der Waals surface area contributed by atoms with Crippen LogP contribution in [0, 0.1) is 5.92 Å². The van der Waals surface area contributed by atoms with E-state index >= 15 is 0 Å². The Morgan fingerprint density at radius 1 is 1.28 bits per heavy atom. The fourth-order valence-corrected chi connectivity index (χ4v) is 2.27. The van der Waals surface area contributed by atoms with Gasteiger partial charge in [-0.05, 0) is 19.8 Å². The molecule has 18 heavy (non-hydrogen) atoms. The summed E-state index contributed by atoms with van der Waals surface area (Å²) < 4.78 is 14.3. The van der Waals surface area contributed by atoms with E-state index in [0.29, 0.717) is 0 Å². The van der Waals surface area contributed by atoms with Crippen LogP contribution in [0.4, 0.5) is 4.79 Å². The average molecular weight is 259 g/mol. The van der Waals surface area contributed by atoms with Gasteiger partial charge in [0.15, 0.2) is 0 Å². The molecule has 1 saturated carbocycles. The summed E-state index contributed by atoms with van der Waals surface area (Å²) in [5, 5.41) is 0. The van der Waals surface area contributed by atoms with Crippen LogP contribution in [0.3, 0.4) is 0 Å². The second kappa shape index (κ2) is 6.58. The molecule has 6 nitrogen and oxygen atoms in total. The van der Waals surface area contributed by atoms with Crippen LogP contribution in [0.2, 0.25) is 0 Å². The molecular formula is C12H21NO5. The van der Waals surface area contributed by atoms with E-state index in [1.165, 1.54) is 7.11 Å². The Morgan fingerprint density at radius 3 is 2.39 bits per heavy atom. The smallest absolute Gasteiger partial charge is 0.465 e. The van der Waals surface area contributed by atoms with Crippen molar-refractivity contribution in [3.63, 3.8) is 0 Å². The molecule has 0 radical (unpaired) electrons. The van der Waals surface area contributed by atoms with Gasteiger partial charge in [0, 0.05) is 5.92 Å². The Labute approximate surface area is 107 Å². The van der Waals surface area contributed by atoms with Gasteiger partial charge in [-0.1, -0.05) is 19.3 Å². The molecule has 6 heteroatoms. The number of hydrogen-bond donors (Lipinski definition) is 1. The van der Waals surface area contributed by atoms with E-state index in [2.05, 4.69) is 9.47 Å². The van der Waals surface area contributed by atoms with Crippen molar-refractivity contribution in [1.29, 1.82) is 0 Å². The molecule has 0 bridgehead atoms. The van der Waals surface area contributed by atoms with Gasteiger partial charge in [0.25, 0.3) is 5.72 Å². The fourth-order valence-electron chi connectivity index (χ4n) is 2.27. The van der Waals surface area contributed by atoms with Gasteiger partial charge in [0.05, 0.1) is 13.7 Å². The molecule has 1 rings (SSSR count). The monoisotopic (exact) mass is 259 g/mol. The highest BCUT2D eigenvalue weighted by Crippen LogP contribution is 2.33. The lowest BCUT2D eigenvalue weighted by Gasteiger charge is -2.35. The fraction of sp³-hybridized carbons (Fsp3) is 0.833. The summed E-state index contributed by atoms with van der Waals surface area (Å²) in [4.78, 5) is 23.2. The highest BCUT2D eigenvalue weighted by atomic mass is 16.7. The topological polar surface area (TPSA) is 87.9 Å². The van der Waals surface area contributed by atoms with Gasteiger partial charge in [0.2, 0.25) is 0 Å². The van der Waals surface area contributed by atoms with Crippen LogP contribution >= 0.6 is 0 Å². The van der Waals surface area contributed by atoms with Crippen LogP contribution in [0.25, 0.3) is 0 Å². The van der Waals surface area contributed by atoms with E-state index in [1.54, 1.807) is 6.92 Å². The number of hydrogen-bond acceptors (Lipinski definition) is 6. The molecule has 0 saturated heterocycles. The first kappa shape index (κ1) is 14.8. The first-order valence-electron chi connectivity index (χ1n) is 6.27. The van der Waals surface area contributed by atoms with Crippen molar-refractivity contribution in [3.05, 3.63) is 0 Å². The SMILES string of the molecule is CCOC(=O)OC(N)(C(=O)OC)C1CCCCC1. The number of nitrogens with two attached hydrogens (primary N) is 1. The van der Waals surface area contributed by atoms with Crippen molar-refractivity contribution in [2.24, 2.45) is 11.7 Å². The zero-order chi connectivity index (χ0) is 13.6. The molecule has 0 aromatic carbocycles. The number of methoxy groups -OCH3 is 1. The highest BCUT2D eigenvalue weighted by Gasteiger charge is 2.48. The summed E-state index contributed by atoms with van der Waals surface area (Å²) in [5.41, 5.74) is 4.23. The minimum absolute atomic E-state index is 0.167. The zero-order valence-corrected chi connectivity index (χ0v) is 10.9. The molecule has 0 aromatic rings. The normalized spacial score (nSPS) is 19.7. The van der Waals surface area contributed by atoms with Gasteiger partial charge >= 0.3 is 12.1 Å². The molecule has 0 spiro atoms. The number of carbonyl (C=O) groups excluding carboxylic acids is 2. The van der Waals surface area contributed by atoms with Crippen molar-refractivity contribution in [3.8, 4) is 0 Å². The van der Waals surface area contributed by atoms with Gasteiger partial charge < -0.3 is 14.2 Å².